The summed E-state index contributed by atoms with van der Waals surface area (Å²) in [6, 6.07) is 0.181. The quantitative estimate of drug-likeness (QED) is 0.634. The molecule has 0 saturated heterocycles. The van der Waals surface area contributed by atoms with Crippen LogP contribution in [0.3, 0.4) is 0 Å². The van der Waals surface area contributed by atoms with Gasteiger partial charge in [-0.25, -0.2) is 14.8 Å². The van der Waals surface area contributed by atoms with Gasteiger partial charge in [0.2, 0.25) is 0 Å². The summed E-state index contributed by atoms with van der Waals surface area (Å²) in [6.45, 7) is -0.328. The molecule has 1 aliphatic rings. The van der Waals surface area contributed by atoms with Gasteiger partial charge in [-0.15, -0.1) is 0 Å². The standard InChI is InChI=1S/C14H20N4O3/c15-13-12(16-7-8-17-13)14(20)21-9-11(19)18-10-5-3-1-2-4-6-10/h7-8,10H,1-6,9H2,(H2,15,17)(H,18,19). The molecule has 0 bridgehead atoms. The molecule has 114 valence electrons. The van der Waals surface area contributed by atoms with Gasteiger partial charge in [-0.05, 0) is 12.8 Å². The molecule has 0 aromatic carbocycles. The van der Waals surface area contributed by atoms with Crippen LogP contribution in [0, 0.1) is 0 Å². The third-order valence-electron chi connectivity index (χ3n) is 3.47. The van der Waals surface area contributed by atoms with Gasteiger partial charge in [-0.3, -0.25) is 4.79 Å². The second-order valence-corrected chi connectivity index (χ2v) is 5.12. The van der Waals surface area contributed by atoms with Gasteiger partial charge < -0.3 is 15.8 Å². The van der Waals surface area contributed by atoms with E-state index in [1.165, 1.54) is 25.2 Å². The predicted octanol–water partition coefficient (Wildman–Crippen LogP) is 1.05. The number of anilines is 1. The molecule has 2 rings (SSSR count). The van der Waals surface area contributed by atoms with Gasteiger partial charge in [-0.2, -0.15) is 0 Å². The SMILES string of the molecule is Nc1nccnc1C(=O)OCC(=O)NC1CCCCCC1. The van der Waals surface area contributed by atoms with E-state index < -0.39 is 5.97 Å². The molecule has 3 N–H and O–H groups in total. The lowest BCUT2D eigenvalue weighted by Gasteiger charge is -2.16. The Labute approximate surface area is 123 Å². The van der Waals surface area contributed by atoms with Crippen LogP contribution in [0.4, 0.5) is 5.82 Å². The number of aromatic nitrogens is 2. The maximum absolute atomic E-state index is 11.8. The van der Waals surface area contributed by atoms with Crippen molar-refractivity contribution in [3.8, 4) is 0 Å². The maximum Gasteiger partial charge on any atom is 0.361 e. The van der Waals surface area contributed by atoms with Crippen molar-refractivity contribution in [3.63, 3.8) is 0 Å². The van der Waals surface area contributed by atoms with Crippen LogP contribution in [0.2, 0.25) is 0 Å². The third-order valence-corrected chi connectivity index (χ3v) is 3.47. The monoisotopic (exact) mass is 292 g/mol. The Morgan fingerprint density at radius 3 is 2.52 bits per heavy atom. The molecule has 7 nitrogen and oxygen atoms in total. The summed E-state index contributed by atoms with van der Waals surface area (Å²) in [5, 5.41) is 2.90. The number of esters is 1. The number of rotatable bonds is 4. The lowest BCUT2D eigenvalue weighted by Crippen LogP contribution is -2.37. The fourth-order valence-electron chi connectivity index (χ4n) is 2.40. The Hall–Kier alpha value is -2.18. The average molecular weight is 292 g/mol. The summed E-state index contributed by atoms with van der Waals surface area (Å²) < 4.78 is 4.91. The van der Waals surface area contributed by atoms with E-state index in [2.05, 4.69) is 15.3 Å². The smallest absolute Gasteiger partial charge is 0.361 e. The third kappa shape index (κ3) is 4.70. The first-order chi connectivity index (χ1) is 10.2. The zero-order valence-corrected chi connectivity index (χ0v) is 11.9. The number of carbonyl (C=O) groups excluding carboxylic acids is 2. The van der Waals surface area contributed by atoms with Crippen molar-refractivity contribution in [1.82, 2.24) is 15.3 Å². The van der Waals surface area contributed by atoms with Gasteiger partial charge in [0.05, 0.1) is 0 Å². The highest BCUT2D eigenvalue weighted by atomic mass is 16.5. The Bertz CT molecular complexity index is 499. The Kier molecular flexibility index (Phi) is 5.48. The van der Waals surface area contributed by atoms with Gasteiger partial charge in [0.1, 0.15) is 0 Å². The molecular weight excluding hydrogens is 272 g/mol. The van der Waals surface area contributed by atoms with Crippen molar-refractivity contribution in [2.24, 2.45) is 0 Å². The van der Waals surface area contributed by atoms with Crippen LogP contribution in [0.5, 0.6) is 0 Å². The number of hydrogen-bond donors (Lipinski definition) is 2. The number of hydrogen-bond acceptors (Lipinski definition) is 6. The van der Waals surface area contributed by atoms with Crippen molar-refractivity contribution in [1.29, 1.82) is 0 Å². The number of amides is 1. The van der Waals surface area contributed by atoms with Crippen molar-refractivity contribution in [2.75, 3.05) is 12.3 Å². The molecule has 0 aliphatic heterocycles. The number of nitrogens with zero attached hydrogens (tertiary/aromatic N) is 2. The maximum atomic E-state index is 11.8. The number of nitrogens with one attached hydrogen (secondary N) is 1. The predicted molar refractivity (Wildman–Crippen MR) is 76.4 cm³/mol. The van der Waals surface area contributed by atoms with Gasteiger partial charge in [0, 0.05) is 18.4 Å². The number of carbonyl (C=O) groups is 2. The van der Waals surface area contributed by atoms with Crippen LogP contribution < -0.4 is 11.1 Å². The highest BCUT2D eigenvalue weighted by molar-refractivity contribution is 5.93. The van der Waals surface area contributed by atoms with Crippen LogP contribution in [0.25, 0.3) is 0 Å². The molecule has 1 fully saturated rings. The molecule has 1 aromatic rings. The molecule has 0 unspecified atom stereocenters. The first-order valence-corrected chi connectivity index (χ1v) is 7.20. The number of ether oxygens (including phenoxy) is 1. The van der Waals surface area contributed by atoms with Gasteiger partial charge in [0.25, 0.3) is 5.91 Å². The summed E-state index contributed by atoms with van der Waals surface area (Å²) >= 11 is 0. The average Bonchev–Trinajstić information content (AvgIpc) is 2.74. The zero-order chi connectivity index (χ0) is 15.1. The molecule has 21 heavy (non-hydrogen) atoms. The molecule has 1 heterocycles. The van der Waals surface area contributed by atoms with Crippen molar-refractivity contribution < 1.29 is 14.3 Å². The van der Waals surface area contributed by atoms with Crippen molar-refractivity contribution >= 4 is 17.7 Å². The fourth-order valence-corrected chi connectivity index (χ4v) is 2.40. The topological polar surface area (TPSA) is 107 Å². The van der Waals surface area contributed by atoms with Crippen molar-refractivity contribution in [2.45, 2.75) is 44.6 Å². The lowest BCUT2D eigenvalue weighted by atomic mass is 10.1. The van der Waals surface area contributed by atoms with Gasteiger partial charge in [-0.1, -0.05) is 25.7 Å². The number of nitrogens with two attached hydrogens (primary N) is 1. The van der Waals surface area contributed by atoms with Gasteiger partial charge >= 0.3 is 5.97 Å². The summed E-state index contributed by atoms with van der Waals surface area (Å²) in [4.78, 5) is 31.1. The highest BCUT2D eigenvalue weighted by Crippen LogP contribution is 2.17. The molecule has 1 amide bonds. The first kappa shape index (κ1) is 15.2. The van der Waals surface area contributed by atoms with Crippen molar-refractivity contribution in [3.05, 3.63) is 18.1 Å². The normalized spacial score (nSPS) is 16.0. The van der Waals surface area contributed by atoms with E-state index >= 15 is 0 Å². The van der Waals surface area contributed by atoms with Crippen LogP contribution >= 0.6 is 0 Å². The second kappa shape index (κ2) is 7.56. The first-order valence-electron chi connectivity index (χ1n) is 7.20. The minimum atomic E-state index is -0.739. The molecular formula is C14H20N4O3. The molecule has 1 saturated carbocycles. The van der Waals surface area contributed by atoms with E-state index in [1.807, 2.05) is 0 Å². The van der Waals surface area contributed by atoms with Crippen LogP contribution in [0.1, 0.15) is 49.0 Å². The Balaban J connectivity index is 1.78. The summed E-state index contributed by atoms with van der Waals surface area (Å²) in [5.41, 5.74) is 5.45. The lowest BCUT2D eigenvalue weighted by molar-refractivity contribution is -0.125. The van der Waals surface area contributed by atoms with E-state index in [9.17, 15) is 9.59 Å². The second-order valence-electron chi connectivity index (χ2n) is 5.12. The van der Waals surface area contributed by atoms with E-state index in [4.69, 9.17) is 10.5 Å². The fraction of sp³-hybridized carbons (Fsp3) is 0.571. The van der Waals surface area contributed by atoms with Gasteiger partial charge in [0.15, 0.2) is 18.1 Å². The van der Waals surface area contributed by atoms with E-state index in [0.717, 1.165) is 25.7 Å². The summed E-state index contributed by atoms with van der Waals surface area (Å²) in [6.07, 6.45) is 9.37. The summed E-state index contributed by atoms with van der Waals surface area (Å²) in [7, 11) is 0. The van der Waals surface area contributed by atoms with E-state index in [0.29, 0.717) is 0 Å². The largest absolute Gasteiger partial charge is 0.451 e. The molecule has 7 heteroatoms. The molecule has 0 radical (unpaired) electrons. The minimum Gasteiger partial charge on any atom is -0.451 e. The van der Waals surface area contributed by atoms with E-state index in [-0.39, 0.29) is 30.1 Å². The Morgan fingerprint density at radius 2 is 1.86 bits per heavy atom. The molecule has 1 aromatic heterocycles. The molecule has 0 spiro atoms. The zero-order valence-electron chi connectivity index (χ0n) is 11.9. The highest BCUT2D eigenvalue weighted by Gasteiger charge is 2.18. The minimum absolute atomic E-state index is 0.00771. The van der Waals surface area contributed by atoms with Crippen LogP contribution in [-0.2, 0) is 9.53 Å². The Morgan fingerprint density at radius 1 is 1.19 bits per heavy atom. The molecule has 1 aliphatic carbocycles. The summed E-state index contributed by atoms with van der Waals surface area (Å²) in [5.74, 6) is -1.04. The van der Waals surface area contributed by atoms with Crippen LogP contribution in [0.15, 0.2) is 12.4 Å². The molecule has 0 atom stereocenters. The van der Waals surface area contributed by atoms with E-state index in [1.54, 1.807) is 0 Å². The number of nitrogen functional groups attached to an aromatic ring is 1. The van der Waals surface area contributed by atoms with Crippen LogP contribution in [-0.4, -0.2) is 34.5 Å².